The van der Waals surface area contributed by atoms with Crippen molar-refractivity contribution in [3.05, 3.63) is 23.8 Å². The topological polar surface area (TPSA) is 63.7 Å². The Kier molecular flexibility index (Phi) is 3.61. The largest absolute Gasteiger partial charge is 0.492 e. The fourth-order valence-corrected chi connectivity index (χ4v) is 3.52. The van der Waals surface area contributed by atoms with E-state index in [9.17, 15) is 13.2 Å². The van der Waals surface area contributed by atoms with Crippen LogP contribution < -0.4 is 4.74 Å². The van der Waals surface area contributed by atoms with Crippen molar-refractivity contribution < 1.29 is 17.9 Å². The normalized spacial score (nSPS) is 20.8. The first-order valence-corrected chi connectivity index (χ1v) is 9.24. The molecule has 0 N–H and O–H groups in total. The lowest BCUT2D eigenvalue weighted by Gasteiger charge is -2.23. The minimum absolute atomic E-state index is 0.000636. The lowest BCUT2D eigenvalue weighted by molar-refractivity contribution is -0.133. The lowest BCUT2D eigenvalue weighted by Crippen LogP contribution is -2.37. The zero-order chi connectivity index (χ0) is 15.2. The molecule has 1 aliphatic heterocycles. The summed E-state index contributed by atoms with van der Waals surface area (Å²) in [6.07, 6.45) is 2.08. The van der Waals surface area contributed by atoms with Gasteiger partial charge < -0.3 is 9.64 Å². The fourth-order valence-electron chi connectivity index (χ4n) is 2.73. The van der Waals surface area contributed by atoms with Gasteiger partial charge in [-0.25, -0.2) is 8.42 Å². The maximum atomic E-state index is 12.6. The van der Waals surface area contributed by atoms with Crippen molar-refractivity contribution in [3.8, 4) is 5.75 Å². The molecule has 0 saturated heterocycles. The van der Waals surface area contributed by atoms with Gasteiger partial charge in [-0.3, -0.25) is 4.79 Å². The summed E-state index contributed by atoms with van der Waals surface area (Å²) in [6, 6.07) is 4.73. The Morgan fingerprint density at radius 3 is 2.71 bits per heavy atom. The molecule has 114 valence electrons. The Morgan fingerprint density at radius 2 is 2.14 bits per heavy atom. The summed E-state index contributed by atoms with van der Waals surface area (Å²) in [5.74, 6) is 0.117. The number of amides is 1. The molecule has 1 heterocycles. The molecule has 0 radical (unpaired) electrons. The van der Waals surface area contributed by atoms with E-state index in [1.165, 1.54) is 12.1 Å². The molecule has 3 rings (SSSR count). The van der Waals surface area contributed by atoms with Crippen molar-refractivity contribution in [1.82, 2.24) is 4.90 Å². The Morgan fingerprint density at radius 1 is 1.43 bits per heavy atom. The molecule has 1 aromatic rings. The van der Waals surface area contributed by atoms with Crippen LogP contribution in [0.15, 0.2) is 23.1 Å². The van der Waals surface area contributed by atoms with Gasteiger partial charge in [0, 0.05) is 28.8 Å². The Hall–Kier alpha value is -1.27. The molecule has 0 spiro atoms. The zero-order valence-electron chi connectivity index (χ0n) is 11.6. The third kappa shape index (κ3) is 2.74. The Bertz CT molecular complexity index is 684. The molecule has 2 aliphatic rings. The number of nitrogens with zero attached hydrogens (tertiary/aromatic N) is 1. The van der Waals surface area contributed by atoms with Crippen molar-refractivity contribution in [2.75, 3.05) is 13.2 Å². The van der Waals surface area contributed by atoms with Crippen LogP contribution in [0.1, 0.15) is 31.2 Å². The third-order valence-electron chi connectivity index (χ3n) is 3.95. The van der Waals surface area contributed by atoms with Gasteiger partial charge in [-0.2, -0.15) is 0 Å². The molecular weight excluding hydrogens is 314 g/mol. The first-order valence-electron chi connectivity index (χ1n) is 6.93. The summed E-state index contributed by atoms with van der Waals surface area (Å²) in [7, 11) is 1.56. The van der Waals surface area contributed by atoms with Gasteiger partial charge in [-0.05, 0) is 38.0 Å². The van der Waals surface area contributed by atoms with Crippen LogP contribution in [0.5, 0.6) is 5.75 Å². The minimum atomic E-state index is -3.81. The molecule has 1 fully saturated rings. The monoisotopic (exact) mass is 329 g/mol. The molecule has 1 unspecified atom stereocenters. The highest BCUT2D eigenvalue weighted by Crippen LogP contribution is 2.39. The maximum Gasteiger partial charge on any atom is 0.261 e. The second-order valence-electron chi connectivity index (χ2n) is 5.36. The molecule has 5 nitrogen and oxygen atoms in total. The van der Waals surface area contributed by atoms with E-state index < -0.39 is 15.0 Å². The summed E-state index contributed by atoms with van der Waals surface area (Å²) in [5.41, 5.74) is 0.612. The number of hydrogen-bond donors (Lipinski definition) is 0. The van der Waals surface area contributed by atoms with Gasteiger partial charge in [0.05, 0.1) is 4.90 Å². The standard InChI is InChI=1S/C14H16ClNO4S/c1-2-16(9-3-4-9)14(17)12-8-20-13-6-5-10(7-11(12)13)21(15,18)19/h5-7,9,12H,2-4,8H2,1H3. The smallest absolute Gasteiger partial charge is 0.261 e. The van der Waals surface area contributed by atoms with Crippen molar-refractivity contribution >= 4 is 25.6 Å². The van der Waals surface area contributed by atoms with E-state index >= 15 is 0 Å². The Labute approximate surface area is 128 Å². The molecule has 1 aromatic carbocycles. The van der Waals surface area contributed by atoms with E-state index in [0.717, 1.165) is 12.8 Å². The summed E-state index contributed by atoms with van der Waals surface area (Å²) >= 11 is 0. The van der Waals surface area contributed by atoms with Gasteiger partial charge in [-0.15, -0.1) is 0 Å². The number of ether oxygens (including phenoxy) is 1. The molecule has 1 amide bonds. The highest BCUT2D eigenvalue weighted by Gasteiger charge is 2.39. The number of likely N-dealkylation sites (N-methyl/N-ethyl adjacent to an activating group) is 1. The lowest BCUT2D eigenvalue weighted by atomic mass is 9.99. The maximum absolute atomic E-state index is 12.6. The van der Waals surface area contributed by atoms with Crippen LogP contribution in [0.3, 0.4) is 0 Å². The minimum Gasteiger partial charge on any atom is -0.492 e. The van der Waals surface area contributed by atoms with Crippen molar-refractivity contribution in [3.63, 3.8) is 0 Å². The van der Waals surface area contributed by atoms with Gasteiger partial charge in [0.2, 0.25) is 5.91 Å². The predicted octanol–water partition coefficient (Wildman–Crippen LogP) is 2.10. The molecule has 7 heteroatoms. The quantitative estimate of drug-likeness (QED) is 0.794. The van der Waals surface area contributed by atoms with Crippen LogP contribution in [0, 0.1) is 0 Å². The van der Waals surface area contributed by atoms with Crippen LogP contribution in [-0.4, -0.2) is 38.4 Å². The van der Waals surface area contributed by atoms with Crippen LogP contribution in [-0.2, 0) is 13.8 Å². The molecule has 1 saturated carbocycles. The highest BCUT2D eigenvalue weighted by atomic mass is 35.7. The van der Waals surface area contributed by atoms with Crippen LogP contribution >= 0.6 is 10.7 Å². The first-order chi connectivity index (χ1) is 9.91. The molecular formula is C14H16ClNO4S. The van der Waals surface area contributed by atoms with Crippen LogP contribution in [0.25, 0.3) is 0 Å². The number of carbonyl (C=O) groups is 1. The van der Waals surface area contributed by atoms with Crippen LogP contribution in [0.4, 0.5) is 0 Å². The number of rotatable bonds is 4. The zero-order valence-corrected chi connectivity index (χ0v) is 13.2. The molecule has 0 bridgehead atoms. The number of benzene rings is 1. The van der Waals surface area contributed by atoms with E-state index in [-0.39, 0.29) is 17.4 Å². The van der Waals surface area contributed by atoms with E-state index in [1.807, 2.05) is 11.8 Å². The number of fused-ring (bicyclic) bond motifs is 1. The summed E-state index contributed by atoms with van der Waals surface area (Å²) in [4.78, 5) is 14.5. The second-order valence-corrected chi connectivity index (χ2v) is 7.92. The summed E-state index contributed by atoms with van der Waals surface area (Å²) < 4.78 is 28.4. The highest BCUT2D eigenvalue weighted by molar-refractivity contribution is 8.13. The second kappa shape index (κ2) is 5.18. The fraction of sp³-hybridized carbons (Fsp3) is 0.500. The van der Waals surface area contributed by atoms with E-state index in [2.05, 4.69) is 0 Å². The summed E-state index contributed by atoms with van der Waals surface area (Å²) in [5, 5.41) is 0. The molecule has 0 aromatic heterocycles. The van der Waals surface area contributed by atoms with Gasteiger partial charge in [0.25, 0.3) is 9.05 Å². The van der Waals surface area contributed by atoms with Gasteiger partial charge in [0.1, 0.15) is 18.3 Å². The molecule has 1 aliphatic carbocycles. The number of halogens is 1. The van der Waals surface area contributed by atoms with E-state index in [0.29, 0.717) is 23.9 Å². The third-order valence-corrected chi connectivity index (χ3v) is 5.30. The molecule has 1 atom stereocenters. The van der Waals surface area contributed by atoms with Crippen molar-refractivity contribution in [2.45, 2.75) is 36.6 Å². The average Bonchev–Trinajstić information content (AvgIpc) is 3.17. The van der Waals surface area contributed by atoms with Gasteiger partial charge in [0.15, 0.2) is 0 Å². The van der Waals surface area contributed by atoms with Crippen molar-refractivity contribution in [1.29, 1.82) is 0 Å². The number of carbonyl (C=O) groups excluding carboxylic acids is 1. The van der Waals surface area contributed by atoms with E-state index in [1.54, 1.807) is 6.07 Å². The van der Waals surface area contributed by atoms with Crippen molar-refractivity contribution in [2.24, 2.45) is 0 Å². The Balaban J connectivity index is 1.93. The van der Waals surface area contributed by atoms with Gasteiger partial charge >= 0.3 is 0 Å². The molecule has 21 heavy (non-hydrogen) atoms. The summed E-state index contributed by atoms with van der Waals surface area (Å²) in [6.45, 7) is 2.86. The first kappa shape index (κ1) is 14.7. The van der Waals surface area contributed by atoms with E-state index in [4.69, 9.17) is 15.4 Å². The van der Waals surface area contributed by atoms with Gasteiger partial charge in [-0.1, -0.05) is 0 Å². The predicted molar refractivity (Wildman–Crippen MR) is 78.1 cm³/mol. The van der Waals surface area contributed by atoms with Crippen LogP contribution in [0.2, 0.25) is 0 Å². The SMILES string of the molecule is CCN(C(=O)C1COc2ccc(S(=O)(=O)Cl)cc21)C1CC1. The number of hydrogen-bond acceptors (Lipinski definition) is 4. The average molecular weight is 330 g/mol.